The summed E-state index contributed by atoms with van der Waals surface area (Å²) in [6.45, 7) is 10.3. The topological polar surface area (TPSA) is 22.1 Å². The van der Waals surface area contributed by atoms with E-state index in [1.165, 1.54) is 6.07 Å². The summed E-state index contributed by atoms with van der Waals surface area (Å²) in [6, 6.07) is 5.87. The van der Waals surface area contributed by atoms with Gasteiger partial charge in [0.1, 0.15) is 17.0 Å². The molecule has 0 aliphatic carbocycles. The van der Waals surface area contributed by atoms with Gasteiger partial charge in [-0.25, -0.2) is 4.98 Å². The Balaban J connectivity index is 2.62. The monoisotopic (exact) mass is 405 g/mol. The Morgan fingerprint density at radius 1 is 1.04 bits per heavy atom. The zero-order chi connectivity index (χ0) is 17.6. The number of fused-ring (bicyclic) bond motifs is 1. The Morgan fingerprint density at radius 2 is 1.65 bits per heavy atom. The first-order valence-electron chi connectivity index (χ1n) is 7.18. The highest BCUT2D eigenvalue weighted by atomic mass is 79.9. The number of hydrogen-bond acceptors (Lipinski definition) is 2. The Kier molecular flexibility index (Phi) is 4.58. The van der Waals surface area contributed by atoms with Crippen LogP contribution in [0.1, 0.15) is 26.5 Å². The summed E-state index contributed by atoms with van der Waals surface area (Å²) in [5.41, 5.74) is -0.679. The van der Waals surface area contributed by atoms with Crippen molar-refractivity contribution in [3.8, 4) is 5.75 Å². The fourth-order valence-corrected chi connectivity index (χ4v) is 3.30. The number of pyridine rings is 1. The zero-order valence-electron chi connectivity index (χ0n) is 13.7. The van der Waals surface area contributed by atoms with Crippen molar-refractivity contribution >= 4 is 35.2 Å². The average molecular weight is 406 g/mol. The first-order chi connectivity index (χ1) is 10.3. The van der Waals surface area contributed by atoms with Gasteiger partial charge in [-0.2, -0.15) is 13.2 Å². The number of alkyl halides is 3. The summed E-state index contributed by atoms with van der Waals surface area (Å²) < 4.78 is 45.8. The number of benzene rings is 1. The van der Waals surface area contributed by atoms with Crippen molar-refractivity contribution in [3.05, 3.63) is 34.4 Å². The van der Waals surface area contributed by atoms with Crippen molar-refractivity contribution < 1.29 is 17.6 Å². The summed E-state index contributed by atoms with van der Waals surface area (Å²) in [5, 5.41) is 0.544. The summed E-state index contributed by atoms with van der Waals surface area (Å²) in [6.07, 6.45) is -4.48. The Bertz CT molecular complexity index is 738. The molecule has 0 saturated heterocycles. The first-order valence-corrected chi connectivity index (χ1v) is 10.9. The van der Waals surface area contributed by atoms with Gasteiger partial charge < -0.3 is 4.43 Å². The fourth-order valence-electron chi connectivity index (χ4n) is 1.83. The molecule has 0 aliphatic heterocycles. The number of rotatable bonds is 2. The predicted octanol–water partition coefficient (Wildman–Crippen LogP) is 6.40. The number of halogens is 4. The van der Waals surface area contributed by atoms with E-state index in [4.69, 9.17) is 4.43 Å². The molecule has 2 aromatic rings. The number of nitrogens with zero attached hydrogens (tertiary/aromatic N) is 1. The Labute approximate surface area is 143 Å². The standard InChI is InChI=1S/C16H19BrF3NOSi/c1-15(2,3)23(4,5)22-12-8-7-11(17)10-6-9-13(16(18,19)20)21-14(10)12/h6-9H,1-5H3. The van der Waals surface area contributed by atoms with Crippen molar-refractivity contribution in [3.63, 3.8) is 0 Å². The van der Waals surface area contributed by atoms with E-state index < -0.39 is 20.2 Å². The molecule has 0 fully saturated rings. The van der Waals surface area contributed by atoms with Gasteiger partial charge in [-0.15, -0.1) is 0 Å². The van der Waals surface area contributed by atoms with Crippen LogP contribution in [0.5, 0.6) is 5.75 Å². The van der Waals surface area contributed by atoms with Gasteiger partial charge in [-0.1, -0.05) is 36.7 Å². The molecule has 0 N–H and O–H groups in total. The maximum Gasteiger partial charge on any atom is 0.433 e. The fraction of sp³-hybridized carbons (Fsp3) is 0.438. The van der Waals surface area contributed by atoms with E-state index in [9.17, 15) is 13.2 Å². The lowest BCUT2D eigenvalue weighted by atomic mass is 10.2. The smallest absolute Gasteiger partial charge is 0.433 e. The van der Waals surface area contributed by atoms with Crippen LogP contribution in [0.3, 0.4) is 0 Å². The van der Waals surface area contributed by atoms with E-state index in [1.54, 1.807) is 12.1 Å². The average Bonchev–Trinajstić information content (AvgIpc) is 2.39. The van der Waals surface area contributed by atoms with E-state index in [0.29, 0.717) is 15.6 Å². The maximum absolute atomic E-state index is 13.0. The van der Waals surface area contributed by atoms with Gasteiger partial charge in [-0.05, 0) is 42.4 Å². The SMILES string of the molecule is CC(C)(C)[Si](C)(C)Oc1ccc(Br)c2ccc(C(F)(F)F)nc12. The molecule has 0 atom stereocenters. The second-order valence-electron chi connectivity index (χ2n) is 7.00. The van der Waals surface area contributed by atoms with Crippen molar-refractivity contribution in [1.29, 1.82) is 0 Å². The summed E-state index contributed by atoms with van der Waals surface area (Å²) in [4.78, 5) is 3.82. The van der Waals surface area contributed by atoms with Crippen LogP contribution in [0.15, 0.2) is 28.7 Å². The van der Waals surface area contributed by atoms with Crippen molar-refractivity contribution in [1.82, 2.24) is 4.98 Å². The number of hydrogen-bond donors (Lipinski definition) is 0. The molecule has 1 heterocycles. The molecular formula is C16H19BrF3NOSi. The molecular weight excluding hydrogens is 387 g/mol. The van der Waals surface area contributed by atoms with Crippen LogP contribution in [-0.2, 0) is 6.18 Å². The maximum atomic E-state index is 13.0. The molecule has 1 aromatic carbocycles. The molecule has 0 bridgehead atoms. The summed E-state index contributed by atoms with van der Waals surface area (Å²) >= 11 is 3.36. The highest BCUT2D eigenvalue weighted by molar-refractivity contribution is 9.10. The van der Waals surface area contributed by atoms with Gasteiger partial charge in [0.15, 0.2) is 0 Å². The molecule has 0 unspecified atom stereocenters. The minimum absolute atomic E-state index is 0.0615. The van der Waals surface area contributed by atoms with Crippen LogP contribution in [0.25, 0.3) is 10.9 Å². The molecule has 0 radical (unpaired) electrons. The van der Waals surface area contributed by atoms with Gasteiger partial charge in [0.05, 0.1) is 0 Å². The van der Waals surface area contributed by atoms with Crippen LogP contribution >= 0.6 is 15.9 Å². The third-order valence-electron chi connectivity index (χ3n) is 4.23. The molecule has 0 amide bonds. The second kappa shape index (κ2) is 5.77. The third-order valence-corrected chi connectivity index (χ3v) is 9.26. The van der Waals surface area contributed by atoms with E-state index >= 15 is 0 Å². The highest BCUT2D eigenvalue weighted by Crippen LogP contribution is 2.40. The minimum atomic E-state index is -4.48. The van der Waals surface area contributed by atoms with Crippen molar-refractivity contribution in [2.24, 2.45) is 0 Å². The molecule has 126 valence electrons. The lowest BCUT2D eigenvalue weighted by molar-refractivity contribution is -0.140. The normalized spacial score (nSPS) is 13.4. The quantitative estimate of drug-likeness (QED) is 0.539. The van der Waals surface area contributed by atoms with Crippen LogP contribution in [0.4, 0.5) is 13.2 Å². The van der Waals surface area contributed by atoms with Gasteiger partial charge in [0, 0.05) is 9.86 Å². The summed E-state index contributed by atoms with van der Waals surface area (Å²) in [7, 11) is -2.18. The molecule has 2 nitrogen and oxygen atoms in total. The molecule has 1 aromatic heterocycles. The molecule has 23 heavy (non-hydrogen) atoms. The molecule has 2 rings (SSSR count). The highest BCUT2D eigenvalue weighted by Gasteiger charge is 2.39. The third kappa shape index (κ3) is 3.71. The molecule has 7 heteroatoms. The molecule has 0 aliphatic rings. The van der Waals surface area contributed by atoms with E-state index in [0.717, 1.165) is 6.07 Å². The zero-order valence-corrected chi connectivity index (χ0v) is 16.3. The van der Waals surface area contributed by atoms with Crippen LogP contribution in [0.2, 0.25) is 18.1 Å². The van der Waals surface area contributed by atoms with Crippen LogP contribution in [0, 0.1) is 0 Å². The first kappa shape index (κ1) is 18.3. The van der Waals surface area contributed by atoms with Gasteiger partial charge >= 0.3 is 6.18 Å². The van der Waals surface area contributed by atoms with Gasteiger partial charge in [0.2, 0.25) is 0 Å². The minimum Gasteiger partial charge on any atom is -0.542 e. The second-order valence-corrected chi connectivity index (χ2v) is 12.6. The Hall–Kier alpha value is -1.08. The number of aromatic nitrogens is 1. The lowest BCUT2D eigenvalue weighted by Gasteiger charge is -2.36. The predicted molar refractivity (Wildman–Crippen MR) is 92.3 cm³/mol. The molecule has 0 spiro atoms. The largest absolute Gasteiger partial charge is 0.542 e. The van der Waals surface area contributed by atoms with Crippen molar-refractivity contribution in [2.75, 3.05) is 0 Å². The van der Waals surface area contributed by atoms with Crippen LogP contribution in [-0.4, -0.2) is 13.3 Å². The van der Waals surface area contributed by atoms with Crippen molar-refractivity contribution in [2.45, 2.75) is 45.1 Å². The van der Waals surface area contributed by atoms with Gasteiger partial charge in [0.25, 0.3) is 8.32 Å². The van der Waals surface area contributed by atoms with E-state index in [2.05, 4.69) is 54.8 Å². The van der Waals surface area contributed by atoms with Gasteiger partial charge in [-0.3, -0.25) is 0 Å². The van der Waals surface area contributed by atoms with E-state index in [-0.39, 0.29) is 10.6 Å². The Morgan fingerprint density at radius 3 is 2.17 bits per heavy atom. The molecule has 0 saturated carbocycles. The van der Waals surface area contributed by atoms with Crippen LogP contribution < -0.4 is 4.43 Å². The lowest BCUT2D eigenvalue weighted by Crippen LogP contribution is -2.43. The summed E-state index contributed by atoms with van der Waals surface area (Å²) in [5.74, 6) is 0.404. The van der Waals surface area contributed by atoms with E-state index in [1.807, 2.05) is 0 Å².